The SMILES string of the molecule is CN(C)S(=O)(=O)c1cccc(NC(=O)CN2C(=O)[C@@H]3[C@H](C2=O)[C@@H]2C=C[C@@H]3C2)c1. The van der Waals surface area contributed by atoms with Crippen LogP contribution in [0.1, 0.15) is 6.42 Å². The van der Waals surface area contributed by atoms with E-state index in [2.05, 4.69) is 5.32 Å². The lowest BCUT2D eigenvalue weighted by Gasteiger charge is -2.17. The Balaban J connectivity index is 1.46. The number of likely N-dealkylation sites (tertiary alicyclic amines) is 1. The van der Waals surface area contributed by atoms with Crippen molar-refractivity contribution >= 4 is 33.4 Å². The molecule has 8 nitrogen and oxygen atoms in total. The molecule has 1 heterocycles. The van der Waals surface area contributed by atoms with Gasteiger partial charge in [0.15, 0.2) is 0 Å². The molecule has 0 spiro atoms. The molecule has 3 aliphatic rings. The minimum atomic E-state index is -3.63. The van der Waals surface area contributed by atoms with Crippen LogP contribution in [0.4, 0.5) is 5.69 Å². The largest absolute Gasteiger partial charge is 0.324 e. The summed E-state index contributed by atoms with van der Waals surface area (Å²) in [4.78, 5) is 38.8. The van der Waals surface area contributed by atoms with Crippen LogP contribution < -0.4 is 5.32 Å². The molecule has 1 saturated carbocycles. The van der Waals surface area contributed by atoms with E-state index in [1.165, 1.54) is 32.3 Å². The molecule has 1 aromatic rings. The summed E-state index contributed by atoms with van der Waals surface area (Å²) in [7, 11) is -0.793. The molecule has 148 valence electrons. The van der Waals surface area contributed by atoms with Gasteiger partial charge in [0.05, 0.1) is 16.7 Å². The number of imide groups is 1. The van der Waals surface area contributed by atoms with Gasteiger partial charge in [-0.25, -0.2) is 12.7 Å². The molecule has 0 unspecified atom stereocenters. The monoisotopic (exact) mass is 403 g/mol. The van der Waals surface area contributed by atoms with Crippen LogP contribution >= 0.6 is 0 Å². The third kappa shape index (κ3) is 2.85. The first-order chi connectivity index (χ1) is 13.2. The molecule has 2 aliphatic carbocycles. The zero-order chi connectivity index (χ0) is 20.2. The molecular formula is C19H21N3O5S. The maximum Gasteiger partial charge on any atom is 0.244 e. The van der Waals surface area contributed by atoms with Gasteiger partial charge in [0.25, 0.3) is 0 Å². The number of rotatable bonds is 5. The molecule has 4 rings (SSSR count). The van der Waals surface area contributed by atoms with Crippen LogP contribution in [0.3, 0.4) is 0 Å². The summed E-state index contributed by atoms with van der Waals surface area (Å²) in [6.07, 6.45) is 4.83. The van der Waals surface area contributed by atoms with Crippen molar-refractivity contribution in [1.29, 1.82) is 0 Å². The van der Waals surface area contributed by atoms with Gasteiger partial charge in [-0.15, -0.1) is 0 Å². The first-order valence-corrected chi connectivity index (χ1v) is 10.5. The summed E-state index contributed by atoms with van der Waals surface area (Å²) in [6, 6.07) is 5.85. The fourth-order valence-corrected chi connectivity index (χ4v) is 5.36. The molecule has 1 aromatic carbocycles. The number of amides is 3. The van der Waals surface area contributed by atoms with E-state index in [0.717, 1.165) is 15.6 Å². The molecule has 1 aliphatic heterocycles. The van der Waals surface area contributed by atoms with Gasteiger partial charge in [-0.2, -0.15) is 0 Å². The molecule has 0 radical (unpaired) electrons. The maximum absolute atomic E-state index is 12.6. The molecule has 28 heavy (non-hydrogen) atoms. The number of fused-ring (bicyclic) bond motifs is 5. The number of carbonyl (C=O) groups excluding carboxylic acids is 3. The predicted molar refractivity (Wildman–Crippen MR) is 100 cm³/mol. The fraction of sp³-hybridized carbons (Fsp3) is 0.421. The van der Waals surface area contributed by atoms with Crippen LogP contribution in [0.2, 0.25) is 0 Å². The van der Waals surface area contributed by atoms with Crippen molar-refractivity contribution in [3.05, 3.63) is 36.4 Å². The molecule has 3 amide bonds. The molecular weight excluding hydrogens is 382 g/mol. The highest BCUT2D eigenvalue weighted by Crippen LogP contribution is 2.52. The second-order valence-corrected chi connectivity index (χ2v) is 9.78. The van der Waals surface area contributed by atoms with E-state index in [4.69, 9.17) is 0 Å². The van der Waals surface area contributed by atoms with Crippen molar-refractivity contribution in [2.24, 2.45) is 23.7 Å². The van der Waals surface area contributed by atoms with Gasteiger partial charge in [0.1, 0.15) is 6.54 Å². The van der Waals surface area contributed by atoms with Gasteiger partial charge in [-0.05, 0) is 36.5 Å². The topological polar surface area (TPSA) is 104 Å². The van der Waals surface area contributed by atoms with Gasteiger partial charge in [-0.3, -0.25) is 19.3 Å². The van der Waals surface area contributed by atoms with Crippen LogP contribution in [-0.2, 0) is 24.4 Å². The summed E-state index contributed by atoms with van der Waals surface area (Å²) in [5, 5.41) is 2.58. The van der Waals surface area contributed by atoms with Gasteiger partial charge in [-0.1, -0.05) is 18.2 Å². The molecule has 1 saturated heterocycles. The Hall–Kier alpha value is -2.52. The van der Waals surface area contributed by atoms with Crippen molar-refractivity contribution in [3.63, 3.8) is 0 Å². The zero-order valence-corrected chi connectivity index (χ0v) is 16.3. The van der Waals surface area contributed by atoms with Crippen LogP contribution in [0.5, 0.6) is 0 Å². The Morgan fingerprint density at radius 2 is 1.75 bits per heavy atom. The van der Waals surface area contributed by atoms with Crippen molar-refractivity contribution in [2.75, 3.05) is 26.0 Å². The van der Waals surface area contributed by atoms with Crippen molar-refractivity contribution in [3.8, 4) is 0 Å². The number of sulfonamides is 1. The first kappa shape index (κ1) is 18.8. The molecule has 9 heteroatoms. The van der Waals surface area contributed by atoms with Crippen molar-refractivity contribution in [1.82, 2.24) is 9.21 Å². The van der Waals surface area contributed by atoms with Crippen LogP contribution in [0, 0.1) is 23.7 Å². The van der Waals surface area contributed by atoms with Crippen LogP contribution in [-0.4, -0.2) is 56.0 Å². The van der Waals surface area contributed by atoms with Crippen LogP contribution in [0.15, 0.2) is 41.3 Å². The number of allylic oxidation sites excluding steroid dienone is 2. The summed E-state index contributed by atoms with van der Waals surface area (Å²) in [6.45, 7) is -0.366. The molecule has 2 fully saturated rings. The Kier molecular flexibility index (Phi) is 4.39. The number of nitrogens with one attached hydrogen (secondary N) is 1. The van der Waals surface area contributed by atoms with Crippen molar-refractivity contribution in [2.45, 2.75) is 11.3 Å². The molecule has 2 bridgehead atoms. The third-order valence-electron chi connectivity index (χ3n) is 5.76. The van der Waals surface area contributed by atoms with E-state index in [-0.39, 0.29) is 52.6 Å². The summed E-state index contributed by atoms with van der Waals surface area (Å²) in [5.74, 6) is -1.62. The number of hydrogen-bond donors (Lipinski definition) is 1. The summed E-state index contributed by atoms with van der Waals surface area (Å²) in [5.41, 5.74) is 0.286. The van der Waals surface area contributed by atoms with E-state index in [9.17, 15) is 22.8 Å². The highest BCUT2D eigenvalue weighted by Gasteiger charge is 2.59. The van der Waals surface area contributed by atoms with E-state index in [1.54, 1.807) is 6.07 Å². The fourth-order valence-electron chi connectivity index (χ4n) is 4.41. The average molecular weight is 403 g/mol. The Morgan fingerprint density at radius 3 is 2.32 bits per heavy atom. The lowest BCUT2D eigenvalue weighted by atomic mass is 9.85. The Labute approximate surface area is 163 Å². The number of carbonyl (C=O) groups is 3. The summed E-state index contributed by atoms with van der Waals surface area (Å²) >= 11 is 0. The minimum absolute atomic E-state index is 0.0424. The van der Waals surface area contributed by atoms with Crippen molar-refractivity contribution < 1.29 is 22.8 Å². The predicted octanol–water partition coefficient (Wildman–Crippen LogP) is 0.682. The lowest BCUT2D eigenvalue weighted by molar-refractivity contribution is -0.143. The number of nitrogens with zero attached hydrogens (tertiary/aromatic N) is 2. The van der Waals surface area contributed by atoms with E-state index >= 15 is 0 Å². The number of hydrogen-bond acceptors (Lipinski definition) is 5. The maximum atomic E-state index is 12.6. The molecule has 1 N–H and O–H groups in total. The first-order valence-electron chi connectivity index (χ1n) is 9.06. The highest BCUT2D eigenvalue weighted by atomic mass is 32.2. The zero-order valence-electron chi connectivity index (χ0n) is 15.5. The van der Waals surface area contributed by atoms with Crippen LogP contribution in [0.25, 0.3) is 0 Å². The standard InChI is InChI=1S/C19H21N3O5S/c1-21(2)28(26,27)14-5-3-4-13(9-14)20-15(23)10-22-18(24)16-11-6-7-12(8-11)17(16)19(22)25/h3-7,9,11-12,16-17H,8,10H2,1-2H3,(H,20,23)/t11-,12-,16-,17+/m1/s1. The van der Waals surface area contributed by atoms with Gasteiger partial charge in [0.2, 0.25) is 27.7 Å². The number of anilines is 1. The normalized spacial score (nSPS) is 28.3. The molecule has 4 atom stereocenters. The highest BCUT2D eigenvalue weighted by molar-refractivity contribution is 7.89. The second kappa shape index (κ2) is 6.52. The van der Waals surface area contributed by atoms with E-state index in [1.807, 2.05) is 12.2 Å². The lowest BCUT2D eigenvalue weighted by Crippen LogP contribution is -2.39. The Bertz CT molecular complexity index is 971. The van der Waals surface area contributed by atoms with E-state index < -0.39 is 15.9 Å². The quantitative estimate of drug-likeness (QED) is 0.575. The second-order valence-electron chi connectivity index (χ2n) is 7.63. The molecule has 0 aromatic heterocycles. The minimum Gasteiger partial charge on any atom is -0.324 e. The Morgan fingerprint density at radius 1 is 1.14 bits per heavy atom. The van der Waals surface area contributed by atoms with Gasteiger partial charge < -0.3 is 5.32 Å². The van der Waals surface area contributed by atoms with E-state index in [0.29, 0.717) is 0 Å². The smallest absolute Gasteiger partial charge is 0.244 e. The summed E-state index contributed by atoms with van der Waals surface area (Å²) < 4.78 is 25.5. The average Bonchev–Trinajstić information content (AvgIpc) is 3.32. The number of benzene rings is 1. The van der Waals surface area contributed by atoms with Gasteiger partial charge in [0, 0.05) is 19.8 Å². The third-order valence-corrected chi connectivity index (χ3v) is 7.57. The van der Waals surface area contributed by atoms with Gasteiger partial charge >= 0.3 is 0 Å².